The number of benzene rings is 2. The third-order valence-corrected chi connectivity index (χ3v) is 8.07. The van der Waals surface area contributed by atoms with Crippen molar-refractivity contribution in [3.8, 4) is 11.5 Å². The molecule has 8 heteroatoms. The Labute approximate surface area is 240 Å². The molecule has 0 spiro atoms. The minimum absolute atomic E-state index is 0.0201. The number of hydrogen-bond acceptors (Lipinski definition) is 5. The zero-order valence-electron chi connectivity index (χ0n) is 24.0. The van der Waals surface area contributed by atoms with Crippen LogP contribution < -0.4 is 10.1 Å². The molecule has 2 N–H and O–H groups in total. The zero-order chi connectivity index (χ0) is 28.7. The topological polar surface area (TPSA) is 91.2 Å². The lowest BCUT2D eigenvalue weighted by molar-refractivity contribution is -0.114. The van der Waals surface area contributed by atoms with Crippen LogP contribution in [-0.4, -0.2) is 46.7 Å². The van der Waals surface area contributed by atoms with Crippen molar-refractivity contribution in [1.82, 2.24) is 4.90 Å². The van der Waals surface area contributed by atoms with Crippen molar-refractivity contribution in [1.29, 1.82) is 0 Å². The molecule has 7 nitrogen and oxygen atoms in total. The lowest BCUT2D eigenvalue weighted by Crippen LogP contribution is -2.34. The number of carbonyl (C=O) groups excluding carboxylic acids is 2. The van der Waals surface area contributed by atoms with Gasteiger partial charge in [0.25, 0.3) is 0 Å². The fraction of sp³-hybridized carbons (Fsp3) is 0.516. The number of Topliss-reactive ketones (excluding diaryl/α,β-unsaturated/α-hetero) is 1. The number of amides is 1. The zero-order valence-corrected chi connectivity index (χ0v) is 25.6. The van der Waals surface area contributed by atoms with Gasteiger partial charge in [0, 0.05) is 41.8 Å². The molecule has 2 fully saturated rings. The van der Waals surface area contributed by atoms with Gasteiger partial charge in [-0.3, -0.25) is 9.59 Å². The predicted octanol–water partition coefficient (Wildman–Crippen LogP) is 6.63. The van der Waals surface area contributed by atoms with E-state index in [1.54, 1.807) is 0 Å². The number of phenolic OH excluding ortho intramolecular Hbond substituents is 1. The van der Waals surface area contributed by atoms with Crippen molar-refractivity contribution in [3.63, 3.8) is 0 Å². The molecule has 1 saturated carbocycles. The van der Waals surface area contributed by atoms with Gasteiger partial charge in [0.2, 0.25) is 5.91 Å². The van der Waals surface area contributed by atoms with Crippen molar-refractivity contribution >= 4 is 39.4 Å². The molecule has 1 aliphatic carbocycles. The Kier molecular flexibility index (Phi) is 8.18. The Morgan fingerprint density at radius 1 is 1.05 bits per heavy atom. The summed E-state index contributed by atoms with van der Waals surface area (Å²) in [7, 11) is 0. The van der Waals surface area contributed by atoms with Crippen LogP contribution in [0.3, 0.4) is 0 Å². The number of likely N-dealkylation sites (tertiary alicyclic amines) is 1. The van der Waals surface area contributed by atoms with E-state index in [2.05, 4.69) is 71.9 Å². The van der Waals surface area contributed by atoms with Crippen LogP contribution in [0.25, 0.3) is 0 Å². The quantitative estimate of drug-likeness (QED) is 0.365. The van der Waals surface area contributed by atoms with Gasteiger partial charge in [-0.2, -0.15) is 4.02 Å². The molecule has 0 aromatic heterocycles. The van der Waals surface area contributed by atoms with Crippen LogP contribution in [0.15, 0.2) is 40.4 Å². The number of ketones is 1. The molecule has 0 bridgehead atoms. The Bertz CT molecular complexity index is 1240. The summed E-state index contributed by atoms with van der Waals surface area (Å²) in [5.74, 6) is 2.43. The second-order valence-electron chi connectivity index (χ2n) is 12.9. The summed E-state index contributed by atoms with van der Waals surface area (Å²) in [6, 6.07) is 11.1. The standard InChI is InChI=1S/C31H40BrN3O4/c1-18(36)33-21-8-10-22(11-9-21)39-23-12-20-16-35(29(34-32)24(20)15-23)17-27(37)19-13-25(30(2,3)4)28(38)26(14-19)31(5,6)7/h8-11,13-14,20,23-24,38H,12,15-17H2,1-7H3,(H,33,36)/t20-,23+,24-/m0/s1. The molecule has 39 heavy (non-hydrogen) atoms. The van der Waals surface area contributed by atoms with E-state index < -0.39 is 0 Å². The summed E-state index contributed by atoms with van der Waals surface area (Å²) in [6.07, 6.45) is 1.78. The lowest BCUT2D eigenvalue weighted by Gasteiger charge is -2.28. The van der Waals surface area contributed by atoms with Gasteiger partial charge in [0.1, 0.15) is 17.3 Å². The first-order chi connectivity index (χ1) is 18.2. The first-order valence-electron chi connectivity index (χ1n) is 13.6. The first kappa shape index (κ1) is 29.1. The van der Waals surface area contributed by atoms with E-state index >= 15 is 0 Å². The Hall–Kier alpha value is -2.87. The molecule has 1 amide bonds. The maximum atomic E-state index is 13.6. The third kappa shape index (κ3) is 6.48. The molecule has 210 valence electrons. The number of carbonyl (C=O) groups is 2. The molecule has 1 heterocycles. The second kappa shape index (κ2) is 11.0. The van der Waals surface area contributed by atoms with E-state index in [1.807, 2.05) is 36.4 Å². The van der Waals surface area contributed by atoms with Gasteiger partial charge in [0.05, 0.1) is 28.8 Å². The monoisotopic (exact) mass is 597 g/mol. The molecule has 2 aromatic rings. The number of halogens is 1. The van der Waals surface area contributed by atoms with Crippen LogP contribution >= 0.6 is 16.1 Å². The number of amidine groups is 1. The van der Waals surface area contributed by atoms with Crippen molar-refractivity contribution in [3.05, 3.63) is 53.1 Å². The lowest BCUT2D eigenvalue weighted by atomic mass is 9.78. The predicted molar refractivity (Wildman–Crippen MR) is 159 cm³/mol. The van der Waals surface area contributed by atoms with Gasteiger partial charge < -0.3 is 20.1 Å². The highest BCUT2D eigenvalue weighted by Crippen LogP contribution is 2.43. The fourth-order valence-electron chi connectivity index (χ4n) is 5.78. The number of aromatic hydroxyl groups is 1. The van der Waals surface area contributed by atoms with Crippen LogP contribution in [-0.2, 0) is 15.6 Å². The summed E-state index contributed by atoms with van der Waals surface area (Å²) < 4.78 is 10.7. The van der Waals surface area contributed by atoms with E-state index in [0.29, 0.717) is 11.5 Å². The SMILES string of the molecule is CC(=O)Nc1ccc(O[C@@H]2C[C@H]3CN(CC(=O)c4cc(C(C)(C)C)c(O)c(C(C)(C)C)c4)C(=NBr)[C@H]3C2)cc1. The molecular weight excluding hydrogens is 558 g/mol. The number of ether oxygens (including phenoxy) is 1. The Morgan fingerprint density at radius 3 is 2.15 bits per heavy atom. The minimum Gasteiger partial charge on any atom is -0.507 e. The Balaban J connectivity index is 1.45. The number of hydrogen-bond donors (Lipinski definition) is 2. The maximum Gasteiger partial charge on any atom is 0.221 e. The summed E-state index contributed by atoms with van der Waals surface area (Å²) in [5, 5.41) is 13.8. The number of rotatable bonds is 6. The highest BCUT2D eigenvalue weighted by molar-refractivity contribution is 9.08. The molecule has 3 atom stereocenters. The smallest absolute Gasteiger partial charge is 0.221 e. The van der Waals surface area contributed by atoms with Crippen molar-refractivity contribution in [2.75, 3.05) is 18.4 Å². The molecule has 0 unspecified atom stereocenters. The van der Waals surface area contributed by atoms with E-state index in [4.69, 9.17) is 4.74 Å². The highest BCUT2D eigenvalue weighted by atomic mass is 79.9. The van der Waals surface area contributed by atoms with E-state index in [0.717, 1.165) is 47.8 Å². The summed E-state index contributed by atoms with van der Waals surface area (Å²) in [4.78, 5) is 26.9. The molecule has 1 aliphatic heterocycles. The molecule has 2 aliphatic rings. The molecule has 1 saturated heterocycles. The van der Waals surface area contributed by atoms with Crippen molar-refractivity contribution in [2.24, 2.45) is 15.9 Å². The average Bonchev–Trinajstić information content (AvgIpc) is 3.34. The fourth-order valence-corrected chi connectivity index (χ4v) is 6.26. The number of anilines is 1. The van der Waals surface area contributed by atoms with Gasteiger partial charge in [-0.05, 0) is 66.0 Å². The van der Waals surface area contributed by atoms with Crippen molar-refractivity contribution in [2.45, 2.75) is 78.2 Å². The molecule has 0 radical (unpaired) electrons. The van der Waals surface area contributed by atoms with Crippen LogP contribution in [0.1, 0.15) is 82.8 Å². The number of nitrogens with one attached hydrogen (secondary N) is 1. The largest absolute Gasteiger partial charge is 0.507 e. The van der Waals surface area contributed by atoms with Gasteiger partial charge in [-0.25, -0.2) is 0 Å². The van der Waals surface area contributed by atoms with Gasteiger partial charge >= 0.3 is 0 Å². The number of phenols is 1. The first-order valence-corrected chi connectivity index (χ1v) is 14.3. The van der Waals surface area contributed by atoms with E-state index in [9.17, 15) is 14.7 Å². The van der Waals surface area contributed by atoms with Crippen molar-refractivity contribution < 1.29 is 19.4 Å². The maximum absolute atomic E-state index is 13.6. The molecule has 2 aromatic carbocycles. The van der Waals surface area contributed by atoms with Crippen LogP contribution in [0.4, 0.5) is 5.69 Å². The van der Waals surface area contributed by atoms with Gasteiger partial charge in [-0.1, -0.05) is 41.5 Å². The van der Waals surface area contributed by atoms with Crippen LogP contribution in [0.5, 0.6) is 11.5 Å². The average molecular weight is 599 g/mol. The van der Waals surface area contributed by atoms with E-state index in [-0.39, 0.29) is 46.8 Å². The highest BCUT2D eigenvalue weighted by Gasteiger charge is 2.46. The van der Waals surface area contributed by atoms with Gasteiger partial charge in [-0.15, -0.1) is 0 Å². The number of fused-ring (bicyclic) bond motifs is 1. The van der Waals surface area contributed by atoms with Crippen LogP contribution in [0, 0.1) is 11.8 Å². The third-order valence-electron chi connectivity index (χ3n) is 7.71. The van der Waals surface area contributed by atoms with Crippen LogP contribution in [0.2, 0.25) is 0 Å². The summed E-state index contributed by atoms with van der Waals surface area (Å²) >= 11 is 3.33. The molecule has 4 rings (SSSR count). The Morgan fingerprint density at radius 2 is 1.64 bits per heavy atom. The molecular formula is C31H40BrN3O4. The second-order valence-corrected chi connectivity index (χ2v) is 13.3. The summed E-state index contributed by atoms with van der Waals surface area (Å²) in [6.45, 7) is 14.8. The summed E-state index contributed by atoms with van der Waals surface area (Å²) in [5.41, 5.74) is 2.34. The van der Waals surface area contributed by atoms with Gasteiger partial charge in [0.15, 0.2) is 5.78 Å². The normalized spacial score (nSPS) is 22.2. The van der Waals surface area contributed by atoms with E-state index in [1.165, 1.54) is 6.92 Å². The number of nitrogens with zero attached hydrogens (tertiary/aromatic N) is 2. The minimum atomic E-state index is -0.299.